The minimum Gasteiger partial charge on any atom is -0.443 e. The minimum atomic E-state index is -0.329. The molecule has 0 radical (unpaired) electrons. The Morgan fingerprint density at radius 3 is 2.67 bits per heavy atom. The number of amides is 1. The van der Waals surface area contributed by atoms with Crippen LogP contribution in [-0.2, 0) is 14.3 Å². The molecule has 0 unspecified atom stereocenters. The molecule has 0 aliphatic carbocycles. The monoisotopic (exact) mass is 129 g/mol. The molecule has 9 heavy (non-hydrogen) atoms. The maximum atomic E-state index is 10.5. The van der Waals surface area contributed by atoms with Gasteiger partial charge in [-0.2, -0.15) is 0 Å². The molecule has 1 fully saturated rings. The van der Waals surface area contributed by atoms with E-state index in [0.29, 0.717) is 0 Å². The van der Waals surface area contributed by atoms with E-state index >= 15 is 0 Å². The average molecular weight is 129 g/mol. The van der Waals surface area contributed by atoms with E-state index in [-0.39, 0.29) is 25.2 Å². The van der Waals surface area contributed by atoms with Crippen LogP contribution >= 0.6 is 0 Å². The van der Waals surface area contributed by atoms with Gasteiger partial charge in [-0.1, -0.05) is 0 Å². The van der Waals surface area contributed by atoms with E-state index < -0.39 is 0 Å². The van der Waals surface area contributed by atoms with E-state index in [0.717, 1.165) is 0 Å². The fraction of sp³-hybridized carbons (Fsp3) is 0.600. The third kappa shape index (κ3) is 1.19. The highest BCUT2D eigenvalue weighted by Gasteiger charge is 2.21. The second kappa shape index (κ2) is 2.05. The van der Waals surface area contributed by atoms with Crippen molar-refractivity contribution in [3.63, 3.8) is 0 Å². The number of hydrogen-bond acceptors (Lipinski definition) is 3. The van der Waals surface area contributed by atoms with Gasteiger partial charge in [-0.15, -0.1) is 0 Å². The number of carbonyl (C=O) groups excluding carboxylic acids is 2. The van der Waals surface area contributed by atoms with Crippen LogP contribution in [0.1, 0.15) is 6.92 Å². The number of cyclic esters (lactones) is 1. The summed E-state index contributed by atoms with van der Waals surface area (Å²) in [7, 11) is 0. The van der Waals surface area contributed by atoms with Crippen molar-refractivity contribution >= 4 is 11.9 Å². The highest BCUT2D eigenvalue weighted by molar-refractivity contribution is 5.82. The lowest BCUT2D eigenvalue weighted by Gasteiger charge is -2.05. The molecule has 1 saturated heterocycles. The lowest BCUT2D eigenvalue weighted by molar-refractivity contribution is -0.136. The Hall–Kier alpha value is -1.06. The van der Waals surface area contributed by atoms with Crippen molar-refractivity contribution in [2.24, 2.45) is 0 Å². The molecule has 0 saturated carbocycles. The van der Waals surface area contributed by atoms with Crippen LogP contribution in [0.4, 0.5) is 0 Å². The normalized spacial score (nSPS) is 17.9. The summed E-state index contributed by atoms with van der Waals surface area (Å²) in [5, 5.41) is 0. The Balaban J connectivity index is 2.48. The molecule has 1 aliphatic rings. The second-order valence-electron chi connectivity index (χ2n) is 1.86. The van der Waals surface area contributed by atoms with Crippen molar-refractivity contribution in [3.05, 3.63) is 0 Å². The molecule has 4 nitrogen and oxygen atoms in total. The van der Waals surface area contributed by atoms with Gasteiger partial charge in [0.1, 0.15) is 6.54 Å². The van der Waals surface area contributed by atoms with E-state index in [2.05, 4.69) is 4.74 Å². The summed E-state index contributed by atoms with van der Waals surface area (Å²) in [6.45, 7) is 1.63. The molecule has 1 aliphatic heterocycles. The van der Waals surface area contributed by atoms with Crippen LogP contribution < -0.4 is 0 Å². The highest BCUT2D eigenvalue weighted by atomic mass is 16.6. The minimum absolute atomic E-state index is 0.106. The smallest absolute Gasteiger partial charge is 0.327 e. The summed E-state index contributed by atoms with van der Waals surface area (Å²) in [5.74, 6) is -0.453. The fourth-order valence-electron chi connectivity index (χ4n) is 0.599. The molecule has 0 bridgehead atoms. The zero-order valence-electron chi connectivity index (χ0n) is 5.09. The van der Waals surface area contributed by atoms with Crippen LogP contribution in [-0.4, -0.2) is 30.1 Å². The van der Waals surface area contributed by atoms with E-state index in [9.17, 15) is 9.59 Å². The van der Waals surface area contributed by atoms with Crippen LogP contribution in [0.15, 0.2) is 0 Å². The lowest BCUT2D eigenvalue weighted by atomic mass is 10.5. The summed E-state index contributed by atoms with van der Waals surface area (Å²) >= 11 is 0. The van der Waals surface area contributed by atoms with E-state index in [1.807, 2.05) is 0 Å². The maximum absolute atomic E-state index is 10.5. The van der Waals surface area contributed by atoms with Crippen molar-refractivity contribution in [1.29, 1.82) is 0 Å². The van der Waals surface area contributed by atoms with Crippen molar-refractivity contribution in [2.75, 3.05) is 13.3 Å². The number of esters is 1. The van der Waals surface area contributed by atoms with Gasteiger partial charge in [-0.05, 0) is 0 Å². The van der Waals surface area contributed by atoms with Crippen molar-refractivity contribution in [3.8, 4) is 0 Å². The summed E-state index contributed by atoms with van der Waals surface area (Å²) in [4.78, 5) is 22.2. The quantitative estimate of drug-likeness (QED) is 0.408. The number of carbonyl (C=O) groups is 2. The van der Waals surface area contributed by atoms with Crippen LogP contribution in [0.3, 0.4) is 0 Å². The molecule has 1 heterocycles. The zero-order chi connectivity index (χ0) is 6.85. The van der Waals surface area contributed by atoms with Crippen LogP contribution in [0.25, 0.3) is 0 Å². The predicted molar refractivity (Wildman–Crippen MR) is 28.3 cm³/mol. The average Bonchev–Trinajstić information content (AvgIpc) is 2.14. The van der Waals surface area contributed by atoms with E-state index in [4.69, 9.17) is 0 Å². The van der Waals surface area contributed by atoms with Gasteiger partial charge >= 0.3 is 5.97 Å². The summed E-state index contributed by atoms with van der Waals surface area (Å²) in [6, 6.07) is 0. The lowest BCUT2D eigenvalue weighted by Crippen LogP contribution is -2.25. The van der Waals surface area contributed by atoms with Gasteiger partial charge < -0.3 is 4.74 Å². The van der Waals surface area contributed by atoms with Gasteiger partial charge in [-0.25, -0.2) is 0 Å². The Morgan fingerprint density at radius 1 is 1.78 bits per heavy atom. The van der Waals surface area contributed by atoms with Crippen molar-refractivity contribution in [2.45, 2.75) is 6.92 Å². The predicted octanol–water partition coefficient (Wildman–Crippen LogP) is -0.651. The number of hydrogen-bond donors (Lipinski definition) is 0. The maximum Gasteiger partial charge on any atom is 0.327 e. The van der Waals surface area contributed by atoms with Crippen molar-refractivity contribution < 1.29 is 14.3 Å². The van der Waals surface area contributed by atoms with Gasteiger partial charge in [0, 0.05) is 6.92 Å². The van der Waals surface area contributed by atoms with Crippen LogP contribution in [0.5, 0.6) is 0 Å². The standard InChI is InChI=1S/C5H7NO3/c1-4(7)6-2-5(8)9-3-6/h2-3H2,1H3. The Labute approximate surface area is 52.4 Å². The Bertz CT molecular complexity index is 154. The molecule has 1 rings (SSSR count). The zero-order valence-corrected chi connectivity index (χ0v) is 5.09. The van der Waals surface area contributed by atoms with Crippen molar-refractivity contribution in [1.82, 2.24) is 4.90 Å². The molecule has 0 atom stereocenters. The first-order valence-electron chi connectivity index (χ1n) is 2.61. The van der Waals surface area contributed by atoms with Gasteiger partial charge in [0.2, 0.25) is 5.91 Å². The topological polar surface area (TPSA) is 46.6 Å². The van der Waals surface area contributed by atoms with Gasteiger partial charge in [0.15, 0.2) is 6.73 Å². The molecule has 0 aromatic rings. The van der Waals surface area contributed by atoms with E-state index in [1.54, 1.807) is 0 Å². The second-order valence-corrected chi connectivity index (χ2v) is 1.86. The number of ether oxygens (including phenoxy) is 1. The summed E-state index contributed by atoms with van der Waals surface area (Å²) in [6.07, 6.45) is 0. The molecule has 0 N–H and O–H groups in total. The summed E-state index contributed by atoms with van der Waals surface area (Å²) in [5.41, 5.74) is 0. The SMILES string of the molecule is CC(=O)N1COC(=O)C1. The van der Waals surface area contributed by atoms with E-state index in [1.165, 1.54) is 11.8 Å². The molecule has 0 aromatic heterocycles. The fourth-order valence-corrected chi connectivity index (χ4v) is 0.599. The van der Waals surface area contributed by atoms with Gasteiger partial charge in [0.25, 0.3) is 0 Å². The third-order valence-electron chi connectivity index (χ3n) is 1.15. The van der Waals surface area contributed by atoms with Crippen LogP contribution in [0, 0.1) is 0 Å². The van der Waals surface area contributed by atoms with Crippen LogP contribution in [0.2, 0.25) is 0 Å². The number of nitrogens with zero attached hydrogens (tertiary/aromatic N) is 1. The largest absolute Gasteiger partial charge is 0.443 e. The molecule has 0 spiro atoms. The Morgan fingerprint density at radius 2 is 2.44 bits per heavy atom. The first-order valence-corrected chi connectivity index (χ1v) is 2.61. The molecule has 0 aromatic carbocycles. The van der Waals surface area contributed by atoms with Gasteiger partial charge in [0.05, 0.1) is 0 Å². The Kier molecular flexibility index (Phi) is 1.38. The molecule has 50 valence electrons. The third-order valence-corrected chi connectivity index (χ3v) is 1.15. The summed E-state index contributed by atoms with van der Waals surface area (Å²) < 4.78 is 4.49. The first kappa shape index (κ1) is 6.07. The highest BCUT2D eigenvalue weighted by Crippen LogP contribution is 1.99. The molecule has 4 heteroatoms. The molecular formula is C5H7NO3. The first-order chi connectivity index (χ1) is 4.20. The number of rotatable bonds is 0. The molecular weight excluding hydrogens is 122 g/mol. The van der Waals surface area contributed by atoms with Gasteiger partial charge in [-0.3, -0.25) is 14.5 Å². The molecule has 1 amide bonds.